The third-order valence-corrected chi connectivity index (χ3v) is 5.61. The Balaban J connectivity index is 2.38. The van der Waals surface area contributed by atoms with Crippen LogP contribution in [0.15, 0.2) is 24.3 Å². The fourth-order valence-electron chi connectivity index (χ4n) is 2.79. The van der Waals surface area contributed by atoms with Crippen molar-refractivity contribution in [2.24, 2.45) is 0 Å². The highest BCUT2D eigenvalue weighted by Gasteiger charge is 2.20. The van der Waals surface area contributed by atoms with E-state index in [9.17, 15) is 9.59 Å². The van der Waals surface area contributed by atoms with E-state index in [-0.39, 0.29) is 16.9 Å². The average molecular weight is 380 g/mol. The number of anilines is 1. The molecule has 1 aromatic rings. The van der Waals surface area contributed by atoms with Crippen LogP contribution >= 0.6 is 11.8 Å². The van der Waals surface area contributed by atoms with Crippen molar-refractivity contribution in [3.05, 3.63) is 29.8 Å². The molecule has 1 atom stereocenters. The predicted octanol–water partition coefficient (Wildman–Crippen LogP) is 5.65. The van der Waals surface area contributed by atoms with Gasteiger partial charge in [-0.25, -0.2) is 0 Å². The number of carbonyl (C=O) groups is 2. The number of carbonyl (C=O) groups excluding carboxylic acids is 1. The number of benzene rings is 1. The summed E-state index contributed by atoms with van der Waals surface area (Å²) in [6.45, 7) is 4.22. The third-order valence-electron chi connectivity index (χ3n) is 4.34. The van der Waals surface area contributed by atoms with Crippen LogP contribution in [-0.4, -0.2) is 28.0 Å². The highest BCUT2D eigenvalue weighted by Crippen LogP contribution is 2.21. The summed E-state index contributed by atoms with van der Waals surface area (Å²) in [6, 6.07) is 7.66. The average Bonchev–Trinajstić information content (AvgIpc) is 2.61. The molecule has 0 aliphatic heterocycles. The lowest BCUT2D eigenvalue weighted by molar-refractivity contribution is -0.133. The molecule has 0 spiro atoms. The van der Waals surface area contributed by atoms with Crippen LogP contribution in [0, 0.1) is 6.92 Å². The van der Waals surface area contributed by atoms with E-state index in [0.29, 0.717) is 0 Å². The Kier molecular flexibility index (Phi) is 11.9. The zero-order valence-corrected chi connectivity index (χ0v) is 16.9. The van der Waals surface area contributed by atoms with Gasteiger partial charge in [0, 0.05) is 5.69 Å². The first-order chi connectivity index (χ1) is 12.5. The van der Waals surface area contributed by atoms with Gasteiger partial charge in [-0.3, -0.25) is 9.59 Å². The zero-order valence-electron chi connectivity index (χ0n) is 16.1. The SMILES string of the molecule is CCCCCCCCCCC(SCC(=O)O)C(=O)Nc1ccc(C)cc1. The Labute approximate surface area is 162 Å². The van der Waals surface area contributed by atoms with Crippen LogP contribution in [0.5, 0.6) is 0 Å². The summed E-state index contributed by atoms with van der Waals surface area (Å²) in [5.41, 5.74) is 1.90. The van der Waals surface area contributed by atoms with E-state index >= 15 is 0 Å². The normalized spacial score (nSPS) is 11.9. The molecule has 0 radical (unpaired) electrons. The number of nitrogens with one attached hydrogen (secondary N) is 1. The molecule has 0 bridgehead atoms. The Hall–Kier alpha value is -1.49. The van der Waals surface area contributed by atoms with Crippen molar-refractivity contribution in [2.45, 2.75) is 76.9 Å². The molecular weight excluding hydrogens is 346 g/mol. The molecule has 26 heavy (non-hydrogen) atoms. The molecule has 146 valence electrons. The maximum absolute atomic E-state index is 12.5. The topological polar surface area (TPSA) is 66.4 Å². The first-order valence-electron chi connectivity index (χ1n) is 9.74. The molecule has 0 heterocycles. The number of amides is 1. The summed E-state index contributed by atoms with van der Waals surface area (Å²) in [5, 5.41) is 11.5. The lowest BCUT2D eigenvalue weighted by Gasteiger charge is -2.16. The van der Waals surface area contributed by atoms with Crippen LogP contribution in [0.2, 0.25) is 0 Å². The minimum atomic E-state index is -0.876. The number of aliphatic carboxylic acids is 1. The number of carboxylic acids is 1. The molecule has 4 nitrogen and oxygen atoms in total. The molecule has 0 saturated heterocycles. The second kappa shape index (κ2) is 13.7. The Morgan fingerprint density at radius 1 is 1.00 bits per heavy atom. The number of hydrogen-bond acceptors (Lipinski definition) is 3. The molecule has 1 aromatic carbocycles. The van der Waals surface area contributed by atoms with Crippen molar-refractivity contribution in [1.29, 1.82) is 0 Å². The van der Waals surface area contributed by atoms with E-state index in [2.05, 4.69) is 12.2 Å². The number of unbranched alkanes of at least 4 members (excludes halogenated alkanes) is 7. The Bertz CT molecular complexity index is 531. The number of thioether (sulfide) groups is 1. The molecule has 0 fully saturated rings. The quantitative estimate of drug-likeness (QED) is 0.410. The lowest BCUT2D eigenvalue weighted by Crippen LogP contribution is -2.26. The lowest BCUT2D eigenvalue weighted by atomic mass is 10.1. The van der Waals surface area contributed by atoms with E-state index in [4.69, 9.17) is 5.11 Å². The van der Waals surface area contributed by atoms with Crippen molar-refractivity contribution < 1.29 is 14.7 Å². The molecule has 0 aliphatic rings. The van der Waals surface area contributed by atoms with Gasteiger partial charge in [0.15, 0.2) is 0 Å². The largest absolute Gasteiger partial charge is 0.481 e. The number of hydrogen-bond donors (Lipinski definition) is 2. The highest BCUT2D eigenvalue weighted by molar-refractivity contribution is 8.01. The summed E-state index contributed by atoms with van der Waals surface area (Å²) in [5.74, 6) is -1.01. The third kappa shape index (κ3) is 10.5. The van der Waals surface area contributed by atoms with E-state index in [1.165, 1.54) is 50.3 Å². The first-order valence-corrected chi connectivity index (χ1v) is 10.8. The van der Waals surface area contributed by atoms with Crippen LogP contribution in [0.3, 0.4) is 0 Å². The van der Waals surface area contributed by atoms with Gasteiger partial charge in [0.25, 0.3) is 0 Å². The van der Waals surface area contributed by atoms with Gasteiger partial charge in [-0.15, -0.1) is 11.8 Å². The molecule has 2 N–H and O–H groups in total. The standard InChI is InChI=1S/C21H33NO3S/c1-3-4-5-6-7-8-9-10-11-19(26-16-20(23)24)21(25)22-18-14-12-17(2)13-15-18/h12-15,19H,3-11,16H2,1-2H3,(H,22,25)(H,23,24). The predicted molar refractivity (Wildman–Crippen MR) is 111 cm³/mol. The summed E-state index contributed by atoms with van der Waals surface area (Å²) in [6.07, 6.45) is 10.4. The van der Waals surface area contributed by atoms with Gasteiger partial charge in [0.2, 0.25) is 5.91 Å². The number of aryl methyl sites for hydroxylation is 1. The van der Waals surface area contributed by atoms with Crippen LogP contribution in [-0.2, 0) is 9.59 Å². The maximum Gasteiger partial charge on any atom is 0.313 e. The van der Waals surface area contributed by atoms with Gasteiger partial charge in [0.1, 0.15) is 0 Å². The van der Waals surface area contributed by atoms with Crippen LogP contribution < -0.4 is 5.32 Å². The molecule has 0 saturated carbocycles. The number of carboxylic acid groups (broad SMARTS) is 1. The molecule has 0 aliphatic carbocycles. The van der Waals surface area contributed by atoms with Crippen molar-refractivity contribution >= 4 is 29.3 Å². The van der Waals surface area contributed by atoms with Crippen molar-refractivity contribution in [3.63, 3.8) is 0 Å². The molecule has 1 unspecified atom stereocenters. The van der Waals surface area contributed by atoms with Crippen LogP contribution in [0.25, 0.3) is 0 Å². The maximum atomic E-state index is 12.5. The minimum Gasteiger partial charge on any atom is -0.481 e. The van der Waals surface area contributed by atoms with Gasteiger partial charge in [-0.05, 0) is 25.5 Å². The van der Waals surface area contributed by atoms with Crippen molar-refractivity contribution in [1.82, 2.24) is 0 Å². The van der Waals surface area contributed by atoms with Crippen molar-refractivity contribution in [2.75, 3.05) is 11.1 Å². The molecule has 0 aromatic heterocycles. The van der Waals surface area contributed by atoms with E-state index < -0.39 is 5.97 Å². The molecule has 1 rings (SSSR count). The van der Waals surface area contributed by atoms with Gasteiger partial charge in [-0.2, -0.15) is 0 Å². The first kappa shape index (κ1) is 22.6. The van der Waals surface area contributed by atoms with Crippen LogP contribution in [0.1, 0.15) is 70.3 Å². The van der Waals surface area contributed by atoms with E-state index in [1.807, 2.05) is 31.2 Å². The van der Waals surface area contributed by atoms with E-state index in [1.54, 1.807) is 0 Å². The number of rotatable bonds is 14. The van der Waals surface area contributed by atoms with Gasteiger partial charge >= 0.3 is 5.97 Å². The summed E-state index contributed by atoms with van der Waals surface area (Å²) < 4.78 is 0. The second-order valence-corrected chi connectivity index (χ2v) is 8.00. The fraction of sp³-hybridized carbons (Fsp3) is 0.619. The molecule has 5 heteroatoms. The van der Waals surface area contributed by atoms with Crippen molar-refractivity contribution in [3.8, 4) is 0 Å². The summed E-state index contributed by atoms with van der Waals surface area (Å²) >= 11 is 1.22. The molecular formula is C21H33NO3S. The second-order valence-electron chi connectivity index (χ2n) is 6.81. The monoisotopic (exact) mass is 379 g/mol. The fourth-order valence-corrected chi connectivity index (χ4v) is 3.67. The Morgan fingerprint density at radius 3 is 2.15 bits per heavy atom. The Morgan fingerprint density at radius 2 is 1.58 bits per heavy atom. The van der Waals surface area contributed by atoms with Gasteiger partial charge in [0.05, 0.1) is 11.0 Å². The minimum absolute atomic E-state index is 0.0387. The van der Waals surface area contributed by atoms with Gasteiger partial charge in [-0.1, -0.05) is 76.0 Å². The van der Waals surface area contributed by atoms with Gasteiger partial charge < -0.3 is 10.4 Å². The van der Waals surface area contributed by atoms with Crippen LogP contribution in [0.4, 0.5) is 5.69 Å². The smallest absolute Gasteiger partial charge is 0.313 e. The highest BCUT2D eigenvalue weighted by atomic mass is 32.2. The summed E-state index contributed by atoms with van der Waals surface area (Å²) in [4.78, 5) is 23.4. The summed E-state index contributed by atoms with van der Waals surface area (Å²) in [7, 11) is 0. The molecule has 1 amide bonds. The zero-order chi connectivity index (χ0) is 19.2. The van der Waals surface area contributed by atoms with E-state index in [0.717, 1.165) is 30.5 Å².